The van der Waals surface area contributed by atoms with Gasteiger partial charge in [-0.3, -0.25) is 4.55 Å². The van der Waals surface area contributed by atoms with E-state index in [0.29, 0.717) is 0 Å². The standard InChI is InChI=1S/C12H20O15S/c13-1-2-3(14)7(5(16)11(20)24-2)25-12-6(17)8(27-28(21,22)23)4(15)9(26-12)10(18)19/h2-9,11-17,20H,1H2,(H,18,19)(H,21,22,23)/t2-,3+,4+,5-,6-,7+,8+,9+,11?,12-/m1/s1. The van der Waals surface area contributed by atoms with Crippen LogP contribution in [0.15, 0.2) is 0 Å². The van der Waals surface area contributed by atoms with Crippen molar-refractivity contribution in [3.63, 3.8) is 0 Å². The molecule has 1 unspecified atom stereocenters. The van der Waals surface area contributed by atoms with E-state index < -0.39 is 84.4 Å². The Bertz CT molecular complexity index is 653. The number of aliphatic carboxylic acids is 1. The van der Waals surface area contributed by atoms with Crippen LogP contribution in [0.5, 0.6) is 0 Å². The molecule has 10 atom stereocenters. The zero-order valence-electron chi connectivity index (χ0n) is 13.8. The van der Waals surface area contributed by atoms with Gasteiger partial charge in [0.1, 0.15) is 42.7 Å². The molecular formula is C12H20O15S. The van der Waals surface area contributed by atoms with Crippen molar-refractivity contribution in [3.05, 3.63) is 0 Å². The highest BCUT2D eigenvalue weighted by molar-refractivity contribution is 7.80. The third kappa shape index (κ3) is 4.93. The van der Waals surface area contributed by atoms with Crippen LogP contribution in [0.4, 0.5) is 0 Å². The van der Waals surface area contributed by atoms with Gasteiger partial charge < -0.3 is 50.0 Å². The fourth-order valence-corrected chi connectivity index (χ4v) is 3.30. The molecule has 0 aliphatic carbocycles. The summed E-state index contributed by atoms with van der Waals surface area (Å²) in [7, 11) is -5.25. The number of ether oxygens (including phenoxy) is 3. The summed E-state index contributed by atoms with van der Waals surface area (Å²) in [5, 5.41) is 67.8. The Hall–Kier alpha value is -1.02. The van der Waals surface area contributed by atoms with Crippen LogP contribution in [-0.4, -0.2) is 123 Å². The molecule has 0 radical (unpaired) electrons. The molecule has 2 aliphatic rings. The molecule has 2 heterocycles. The van der Waals surface area contributed by atoms with E-state index in [1.807, 2.05) is 0 Å². The zero-order chi connectivity index (χ0) is 21.4. The summed E-state index contributed by atoms with van der Waals surface area (Å²) in [6, 6.07) is 0. The molecule has 2 aliphatic heterocycles. The maximum absolute atomic E-state index is 11.2. The number of carbonyl (C=O) groups is 1. The Balaban J connectivity index is 2.27. The van der Waals surface area contributed by atoms with Crippen LogP contribution in [0.3, 0.4) is 0 Å². The molecule has 8 N–H and O–H groups in total. The van der Waals surface area contributed by atoms with Gasteiger partial charge in [0.05, 0.1) is 6.61 Å². The highest BCUT2D eigenvalue weighted by Crippen LogP contribution is 2.30. The van der Waals surface area contributed by atoms with Gasteiger partial charge in [-0.05, 0) is 0 Å². The number of carboxylic acid groups (broad SMARTS) is 1. The lowest BCUT2D eigenvalue weighted by molar-refractivity contribution is -0.350. The van der Waals surface area contributed by atoms with Crippen LogP contribution < -0.4 is 0 Å². The monoisotopic (exact) mass is 436 g/mol. The Kier molecular flexibility index (Phi) is 7.29. The second kappa shape index (κ2) is 8.78. The van der Waals surface area contributed by atoms with Gasteiger partial charge in [0.15, 0.2) is 18.7 Å². The Morgan fingerprint density at radius 3 is 2.04 bits per heavy atom. The smallest absolute Gasteiger partial charge is 0.397 e. The molecule has 2 saturated heterocycles. The molecule has 0 amide bonds. The lowest BCUT2D eigenvalue weighted by Crippen LogP contribution is -2.65. The summed E-state index contributed by atoms with van der Waals surface area (Å²) >= 11 is 0. The fraction of sp³-hybridized carbons (Fsp3) is 0.917. The van der Waals surface area contributed by atoms with Gasteiger partial charge in [-0.1, -0.05) is 0 Å². The number of hydrogen-bond acceptors (Lipinski definition) is 13. The van der Waals surface area contributed by atoms with Gasteiger partial charge in [-0.2, -0.15) is 8.42 Å². The number of hydrogen-bond donors (Lipinski definition) is 8. The van der Waals surface area contributed by atoms with Crippen LogP contribution in [0.1, 0.15) is 0 Å². The van der Waals surface area contributed by atoms with Gasteiger partial charge in [-0.15, -0.1) is 0 Å². The highest BCUT2D eigenvalue weighted by atomic mass is 32.3. The molecule has 0 aromatic carbocycles. The van der Waals surface area contributed by atoms with Gasteiger partial charge in [0.25, 0.3) is 0 Å². The molecule has 15 nitrogen and oxygen atoms in total. The Labute approximate surface area is 157 Å². The molecule has 0 bridgehead atoms. The molecule has 2 fully saturated rings. The minimum atomic E-state index is -5.25. The van der Waals surface area contributed by atoms with Crippen molar-refractivity contribution in [1.29, 1.82) is 0 Å². The second-order valence-corrected chi connectivity index (χ2v) is 7.11. The third-order valence-electron chi connectivity index (χ3n) is 4.15. The van der Waals surface area contributed by atoms with E-state index in [2.05, 4.69) is 4.18 Å². The van der Waals surface area contributed by atoms with E-state index in [-0.39, 0.29) is 0 Å². The highest BCUT2D eigenvalue weighted by Gasteiger charge is 2.53. The van der Waals surface area contributed by atoms with Crippen molar-refractivity contribution in [2.24, 2.45) is 0 Å². The number of aliphatic hydroxyl groups is 6. The molecule has 0 saturated carbocycles. The largest absolute Gasteiger partial charge is 0.479 e. The van der Waals surface area contributed by atoms with Gasteiger partial charge in [0.2, 0.25) is 0 Å². The molecule has 0 aromatic rings. The fourth-order valence-electron chi connectivity index (χ4n) is 2.79. The minimum Gasteiger partial charge on any atom is -0.479 e. The number of carboxylic acids is 1. The number of aliphatic hydroxyl groups excluding tert-OH is 6. The maximum atomic E-state index is 11.2. The second-order valence-electron chi connectivity index (χ2n) is 6.06. The van der Waals surface area contributed by atoms with Crippen LogP contribution in [0, 0.1) is 0 Å². The topological polar surface area (TPSA) is 250 Å². The molecule has 2 rings (SSSR count). The van der Waals surface area contributed by atoms with Crippen molar-refractivity contribution in [2.45, 2.75) is 61.4 Å². The predicted octanol–water partition coefficient (Wildman–Crippen LogP) is -5.48. The molecule has 0 spiro atoms. The van der Waals surface area contributed by atoms with Gasteiger partial charge in [0, 0.05) is 0 Å². The summed E-state index contributed by atoms with van der Waals surface area (Å²) in [6.45, 7) is -0.816. The summed E-state index contributed by atoms with van der Waals surface area (Å²) in [4.78, 5) is 11.2. The first-order valence-electron chi connectivity index (χ1n) is 7.73. The first-order valence-corrected chi connectivity index (χ1v) is 9.10. The van der Waals surface area contributed by atoms with Gasteiger partial charge in [-0.25, -0.2) is 8.98 Å². The Morgan fingerprint density at radius 2 is 1.54 bits per heavy atom. The zero-order valence-corrected chi connectivity index (χ0v) is 14.6. The summed E-state index contributed by atoms with van der Waals surface area (Å²) in [5.74, 6) is -1.82. The molecular weight excluding hydrogens is 416 g/mol. The van der Waals surface area contributed by atoms with Crippen LogP contribution in [-0.2, 0) is 33.6 Å². The van der Waals surface area contributed by atoms with E-state index in [1.165, 1.54) is 0 Å². The average molecular weight is 436 g/mol. The van der Waals surface area contributed by atoms with E-state index in [0.717, 1.165) is 0 Å². The van der Waals surface area contributed by atoms with Crippen molar-refractivity contribution < 1.29 is 71.9 Å². The van der Waals surface area contributed by atoms with Crippen LogP contribution in [0.25, 0.3) is 0 Å². The Morgan fingerprint density at radius 1 is 0.929 bits per heavy atom. The van der Waals surface area contributed by atoms with Crippen molar-refractivity contribution >= 4 is 16.4 Å². The van der Waals surface area contributed by atoms with Crippen molar-refractivity contribution in [1.82, 2.24) is 0 Å². The van der Waals surface area contributed by atoms with E-state index in [4.69, 9.17) is 29.0 Å². The molecule has 164 valence electrons. The van der Waals surface area contributed by atoms with Crippen LogP contribution >= 0.6 is 0 Å². The minimum absolute atomic E-state index is 0.816. The van der Waals surface area contributed by atoms with Crippen molar-refractivity contribution in [2.75, 3.05) is 6.61 Å². The van der Waals surface area contributed by atoms with Crippen molar-refractivity contribution in [3.8, 4) is 0 Å². The first-order chi connectivity index (χ1) is 12.9. The summed E-state index contributed by atoms with van der Waals surface area (Å²) in [5.41, 5.74) is 0. The van der Waals surface area contributed by atoms with E-state index in [9.17, 15) is 38.7 Å². The van der Waals surface area contributed by atoms with E-state index in [1.54, 1.807) is 0 Å². The summed E-state index contributed by atoms with van der Waals surface area (Å²) in [6.07, 6.45) is -20.0. The average Bonchev–Trinajstić information content (AvgIpc) is 2.59. The molecule has 16 heteroatoms. The SMILES string of the molecule is O=C(O)[C@H]1O[C@@H](O[C@H]2[C@@H](O)[C@@H](CO)OC(O)[C@@H]2O)[C@H](O)[C@@H](OS(=O)(=O)O)[C@@H]1O. The summed E-state index contributed by atoms with van der Waals surface area (Å²) < 4.78 is 49.3. The van der Waals surface area contributed by atoms with E-state index >= 15 is 0 Å². The molecule has 0 aromatic heterocycles. The normalized spacial score (nSPS) is 45.0. The predicted molar refractivity (Wildman–Crippen MR) is 79.6 cm³/mol. The number of rotatable bonds is 6. The molecule has 28 heavy (non-hydrogen) atoms. The third-order valence-corrected chi connectivity index (χ3v) is 4.62. The maximum Gasteiger partial charge on any atom is 0.397 e. The lowest BCUT2D eigenvalue weighted by Gasteiger charge is -2.45. The van der Waals surface area contributed by atoms with Gasteiger partial charge >= 0.3 is 16.4 Å². The lowest BCUT2D eigenvalue weighted by atomic mass is 9.97. The quantitative estimate of drug-likeness (QED) is 0.181. The van der Waals surface area contributed by atoms with Crippen LogP contribution in [0.2, 0.25) is 0 Å². The first kappa shape index (κ1) is 23.3.